The van der Waals surface area contributed by atoms with Gasteiger partial charge in [-0.3, -0.25) is 91.1 Å². The molecule has 2 aromatic carbocycles. The number of carboxylic acid groups (broad SMARTS) is 1. The molecule has 736 valence electrons. The second kappa shape index (κ2) is 51.8. The summed E-state index contributed by atoms with van der Waals surface area (Å²) in [5, 5.41) is 53.2. The van der Waals surface area contributed by atoms with E-state index < -0.39 is 307 Å². The third kappa shape index (κ3) is 31.2. The Labute approximate surface area is 788 Å². The molecule has 15 amide bonds. The van der Waals surface area contributed by atoms with Crippen LogP contribution in [-0.4, -0.2) is 303 Å². The van der Waals surface area contributed by atoms with Gasteiger partial charge in [0, 0.05) is 143 Å². The van der Waals surface area contributed by atoms with Gasteiger partial charge in [0.25, 0.3) is 0 Å². The number of nitrogens with zero attached hydrogens (tertiary/aromatic N) is 5. The molecule has 6 heterocycles. The van der Waals surface area contributed by atoms with Crippen molar-refractivity contribution in [3.05, 3.63) is 104 Å². The number of hydrogen-bond acceptors (Lipinski definition) is 27. The van der Waals surface area contributed by atoms with E-state index in [-0.39, 0.29) is 76.0 Å². The van der Waals surface area contributed by atoms with Crippen LogP contribution in [0.3, 0.4) is 0 Å². The Hall–Kier alpha value is -12.6. The molecule has 5 aromatic rings. The van der Waals surface area contributed by atoms with Gasteiger partial charge >= 0.3 is 23.0 Å². The van der Waals surface area contributed by atoms with Gasteiger partial charge in [-0.2, -0.15) is 23.5 Å². The number of likely N-dealkylation sites (N-methyl/N-ethyl adjacent to an activating group) is 1. The fourth-order valence-corrected chi connectivity index (χ4v) is 18.3. The summed E-state index contributed by atoms with van der Waals surface area (Å²) in [5.41, 5.74) is 9.88. The van der Waals surface area contributed by atoms with Crippen LogP contribution in [-0.2, 0) is 124 Å². The molecule has 0 saturated carbocycles. The first-order valence-electron chi connectivity index (χ1n) is 44.4. The maximum atomic E-state index is 15.4. The van der Waals surface area contributed by atoms with Crippen molar-refractivity contribution in [2.24, 2.45) is 35.1 Å². The Kier molecular flexibility index (Phi) is 41.3. The number of H-pyrrole nitrogens is 2. The van der Waals surface area contributed by atoms with E-state index in [4.69, 9.17) is 11.5 Å². The molecule has 4 bridgehead atoms. The molecule has 48 heteroatoms. The number of primary amides is 1. The number of amides is 15. The van der Waals surface area contributed by atoms with Crippen LogP contribution in [0.15, 0.2) is 75.3 Å². The molecular formula is C87H121N21O24S3. The van der Waals surface area contributed by atoms with Gasteiger partial charge in [0.1, 0.15) is 54.1 Å². The number of fused-ring (bicyclic) bond motifs is 12. The number of aliphatic hydroxyl groups excluding tert-OH is 1. The topological polar surface area (TPSA) is 665 Å². The van der Waals surface area contributed by atoms with Gasteiger partial charge in [0.2, 0.25) is 88.6 Å². The van der Waals surface area contributed by atoms with Crippen LogP contribution in [0.1, 0.15) is 117 Å². The zero-order chi connectivity index (χ0) is 99.2. The molecule has 45 nitrogen and oxygen atoms in total. The van der Waals surface area contributed by atoms with Crippen LogP contribution in [0.4, 0.5) is 0 Å². The molecule has 13 atom stereocenters. The molecule has 0 radical (unpaired) electrons. The summed E-state index contributed by atoms with van der Waals surface area (Å²) in [5.74, 6) is -24.7. The number of nitrogens with one attached hydrogen (secondary N) is 14. The second-order valence-corrected chi connectivity index (χ2v) is 37.1. The van der Waals surface area contributed by atoms with Gasteiger partial charge in [-0.1, -0.05) is 71.0 Å². The van der Waals surface area contributed by atoms with Gasteiger partial charge in [-0.25, -0.2) is 28.1 Å². The number of aliphatic carboxylic acids is 1. The second-order valence-electron chi connectivity index (χ2n) is 34.0. The molecular weight excluding hydrogens is 1820 g/mol. The van der Waals surface area contributed by atoms with Gasteiger partial charge in [0.05, 0.1) is 66.8 Å². The number of aliphatic hydroxyl groups is 1. The van der Waals surface area contributed by atoms with Crippen LogP contribution in [0, 0.1) is 23.7 Å². The zero-order valence-electron chi connectivity index (χ0n) is 76.3. The number of aromatic amines is 2. The first kappa shape index (κ1) is 108. The van der Waals surface area contributed by atoms with Crippen molar-refractivity contribution in [2.45, 2.75) is 205 Å². The minimum atomic E-state index is -1.99. The van der Waals surface area contributed by atoms with Crippen molar-refractivity contribution in [3.63, 3.8) is 0 Å². The van der Waals surface area contributed by atoms with Crippen LogP contribution in [0.25, 0.3) is 21.8 Å². The van der Waals surface area contributed by atoms with Crippen molar-refractivity contribution >= 4 is 169 Å². The van der Waals surface area contributed by atoms with Crippen molar-refractivity contribution in [2.75, 3.05) is 80.8 Å². The number of nitrogens with two attached hydrogens (primary N) is 2. The third-order valence-electron chi connectivity index (χ3n) is 22.9. The van der Waals surface area contributed by atoms with Gasteiger partial charge < -0.3 is 105 Å². The van der Waals surface area contributed by atoms with Crippen molar-refractivity contribution in [3.8, 4) is 0 Å². The summed E-state index contributed by atoms with van der Waals surface area (Å²) in [7, 11) is 1.34. The first-order chi connectivity index (χ1) is 64.1. The number of carbonyl (C=O) groups is 19. The Morgan fingerprint density at radius 3 is 1.63 bits per heavy atom. The highest BCUT2D eigenvalue weighted by atomic mass is 32.2. The summed E-state index contributed by atoms with van der Waals surface area (Å²) < 4.78 is 1.89. The third-order valence-corrected chi connectivity index (χ3v) is 26.2. The normalized spacial score (nSPS) is 23.5. The van der Waals surface area contributed by atoms with E-state index in [9.17, 15) is 106 Å². The van der Waals surface area contributed by atoms with E-state index in [1.807, 2.05) is 0 Å². The summed E-state index contributed by atoms with van der Waals surface area (Å²) in [6.07, 6.45) is -2.33. The number of thioether (sulfide) groups is 3. The lowest BCUT2D eigenvalue weighted by Crippen LogP contribution is -2.60. The Balaban J connectivity index is 1.17. The first-order valence-corrected chi connectivity index (χ1v) is 47.9. The van der Waals surface area contributed by atoms with Crippen LogP contribution < -0.4 is 92.3 Å². The lowest BCUT2D eigenvalue weighted by molar-refractivity contribution is -0.143. The highest BCUT2D eigenvalue weighted by molar-refractivity contribution is 8.00. The zero-order valence-corrected chi connectivity index (χ0v) is 78.8. The largest absolute Gasteiger partial charge is 0.481 e. The molecule has 3 aliphatic rings. The van der Waals surface area contributed by atoms with Crippen molar-refractivity contribution < 1.29 is 101 Å². The highest BCUT2D eigenvalue weighted by Crippen LogP contribution is 2.26. The Morgan fingerprint density at radius 1 is 0.548 bits per heavy atom. The minimum absolute atomic E-state index is 0.00140. The smallest absolute Gasteiger partial charge is 0.336 e. The van der Waals surface area contributed by atoms with E-state index >= 15 is 9.59 Å². The summed E-state index contributed by atoms with van der Waals surface area (Å²) in [6, 6.07) is -1.84. The van der Waals surface area contributed by atoms with Gasteiger partial charge in [-0.15, -0.1) is 11.8 Å². The summed E-state index contributed by atoms with van der Waals surface area (Å²) >= 11 is 2.45. The molecule has 0 aliphatic carbocycles. The molecule has 1 fully saturated rings. The molecule has 1 saturated heterocycles. The SMILES string of the molecule is CC[C@@H]1NC(=O)[C@H]([C@@H](C)O)NC(=O)[C@@H](CC(=O)[C@H](C)NC(=O)CN(C)C(=O)CCN)CSCC(=O)NCCn2c(=O)n3c(=O)n(c2=O)CCNC(=O)CSC[C@@H](C(N)=O)NC(=O)[C@@H]2CCCN2C(=O)[C@H](C(C)C)NC(=O)[C@H](Cc2c[nH]c4ccccc24)NC(=O)CNC(=O)[C@H](CC(=O)O)NC(=O)[C@H](C(C)C)NC(=O)[C@H](Cc2c[nH]c4ccccc24)NC(=O)[C@H](CSCC(=O)CCC3)CC1=O. The predicted molar refractivity (Wildman–Crippen MR) is 497 cm³/mol. The molecule has 3 aromatic heterocycles. The monoisotopic (exact) mass is 1940 g/mol. The quantitative estimate of drug-likeness (QED) is 0.0368. The molecule has 0 unspecified atom stereocenters. The van der Waals surface area contributed by atoms with Crippen molar-refractivity contribution in [1.29, 1.82) is 0 Å². The van der Waals surface area contributed by atoms with E-state index in [1.165, 1.54) is 39.6 Å². The van der Waals surface area contributed by atoms with Crippen molar-refractivity contribution in [1.82, 2.24) is 97.3 Å². The number of Topliss-reactive ketones (excluding diaryl/α,β-unsaturated/α-hetero) is 3. The fraction of sp³-hybridized carbons (Fsp3) is 0.563. The van der Waals surface area contributed by atoms with Gasteiger partial charge in [0.15, 0.2) is 11.6 Å². The van der Waals surface area contributed by atoms with E-state index in [0.29, 0.717) is 46.6 Å². The van der Waals surface area contributed by atoms with E-state index in [2.05, 4.69) is 73.8 Å². The number of hydrogen-bond donors (Lipinski definition) is 18. The number of benzene rings is 2. The number of ketones is 3. The minimum Gasteiger partial charge on any atom is -0.481 e. The highest BCUT2D eigenvalue weighted by Gasteiger charge is 2.43. The van der Waals surface area contributed by atoms with Crippen LogP contribution >= 0.6 is 35.3 Å². The molecule has 0 spiro atoms. The van der Waals surface area contributed by atoms with E-state index in [0.717, 1.165) is 47.1 Å². The predicted octanol–water partition coefficient (Wildman–Crippen LogP) is -5.06. The fourth-order valence-electron chi connectivity index (χ4n) is 15.4. The molecule has 3 aliphatic heterocycles. The van der Waals surface area contributed by atoms with Crippen LogP contribution in [0.5, 0.6) is 0 Å². The summed E-state index contributed by atoms with van der Waals surface area (Å²) in [6.45, 7) is 6.01. The van der Waals surface area contributed by atoms with Gasteiger partial charge in [-0.05, 0) is 74.6 Å². The summed E-state index contributed by atoms with van der Waals surface area (Å²) in [4.78, 5) is 320. The number of carboxylic acids is 1. The number of aromatic nitrogens is 5. The standard InChI is InChI=1S/C87H121N21O24S3/c1-9-56-65(112)33-52-39-133-41-53(110)16-14-27-106-85(130)107(28-24-90-68(115)43-134-40-51(77(122)103-74(48(7)109)83(128)97-56)32-64(111)47(6)95-67(114)38-104(8)70(117)22-23-88)87(132)108(86(106)131)29-25-91-69(116)44-135-42-62(75(89)120)100-81(126)63-21-15-26-105(63)84(129)73(46(4)5)102-79(124)59(30-49-35-92-57-19-12-10-17-54(49)57)96-66(113)37-94-78(123)61(34-71(118)119)99-82(127)72(45(2)3)101-80(125)60(98-76(52)121)31-50-36-93-58-20-13-11-18-55(50)58/h10-13,17-20,35-36,45-48,51-52,56,59-63,72-74,92-93,109H,9,14-16,21-34,37-44,88H2,1-8H3,(H2,89,120)(H,90,115)(H,91,116)(H,94,123)(H,95,114)(H,96,113)(H,97,128)(H,98,121)(H,99,127)(H,100,126)(H,101,125)(H,102,124)(H,103,122)(H,118,119)/t47-,48+,51-,52-,56-,59-,60-,61-,62-,63-,72-,73-,74-/m0/s1. The Bertz CT molecular complexity index is 5400. The lowest BCUT2D eigenvalue weighted by Gasteiger charge is -2.32. The lowest BCUT2D eigenvalue weighted by atomic mass is 9.96. The number of carbonyl (C=O) groups excluding carboxylic acids is 18. The number of para-hydroxylation sites is 2. The maximum Gasteiger partial charge on any atom is 0.336 e. The molecule has 20 N–H and O–H groups in total. The van der Waals surface area contributed by atoms with E-state index in [1.54, 1.807) is 74.8 Å². The number of rotatable bonds is 19. The maximum absolute atomic E-state index is 15.4. The van der Waals surface area contributed by atoms with Crippen LogP contribution in [0.2, 0.25) is 0 Å². The average Bonchev–Trinajstić information content (AvgIpc) is 1.59. The average molecular weight is 1940 g/mol. The molecule has 8 rings (SSSR count). The molecule has 135 heavy (non-hydrogen) atoms. The Morgan fingerprint density at radius 2 is 1.07 bits per heavy atom.